The van der Waals surface area contributed by atoms with E-state index in [2.05, 4.69) is 11.0 Å². The van der Waals surface area contributed by atoms with Gasteiger partial charge in [0.05, 0.1) is 25.9 Å². The van der Waals surface area contributed by atoms with Crippen molar-refractivity contribution in [2.45, 2.75) is 6.23 Å². The number of nitrogens with zero attached hydrogens (tertiary/aromatic N) is 2. The summed E-state index contributed by atoms with van der Waals surface area (Å²) in [6.07, 6.45) is 1.52. The summed E-state index contributed by atoms with van der Waals surface area (Å²) in [7, 11) is 1.62. The van der Waals surface area contributed by atoms with Crippen LogP contribution in [-0.4, -0.2) is 44.5 Å². The van der Waals surface area contributed by atoms with Gasteiger partial charge in [0, 0.05) is 18.7 Å². The first-order chi connectivity index (χ1) is 9.83. The van der Waals surface area contributed by atoms with E-state index in [0.717, 1.165) is 18.7 Å². The number of hydrogen-bond donors (Lipinski definition) is 0. The molecule has 1 aromatic carbocycles. The summed E-state index contributed by atoms with van der Waals surface area (Å²) in [6, 6.07) is 7.92. The molecular formula is C15H16N2O3. The first kappa shape index (κ1) is 13.0. The van der Waals surface area contributed by atoms with Crippen molar-refractivity contribution in [3.05, 3.63) is 29.3 Å². The van der Waals surface area contributed by atoms with Crippen LogP contribution in [0.2, 0.25) is 0 Å². The minimum absolute atomic E-state index is 0.354. The summed E-state index contributed by atoms with van der Waals surface area (Å²) in [4.78, 5) is 2.12. The number of hydrogen-bond acceptors (Lipinski definition) is 5. The van der Waals surface area contributed by atoms with Crippen LogP contribution in [0.25, 0.3) is 6.08 Å². The molecule has 0 aromatic heterocycles. The van der Waals surface area contributed by atoms with Gasteiger partial charge in [0.1, 0.15) is 6.07 Å². The molecule has 0 radical (unpaired) electrons. The first-order valence-corrected chi connectivity index (χ1v) is 6.60. The smallest absolute Gasteiger partial charge is 0.189 e. The Kier molecular flexibility index (Phi) is 3.59. The van der Waals surface area contributed by atoms with Crippen molar-refractivity contribution in [2.24, 2.45) is 0 Å². The quantitative estimate of drug-likeness (QED) is 0.819. The summed E-state index contributed by atoms with van der Waals surface area (Å²) in [6.45, 7) is 2.84. The Morgan fingerprint density at radius 3 is 2.85 bits per heavy atom. The van der Waals surface area contributed by atoms with Crippen LogP contribution < -0.4 is 9.47 Å². The van der Waals surface area contributed by atoms with Crippen LogP contribution in [0.4, 0.5) is 0 Å². The molecular weight excluding hydrogens is 256 g/mol. The highest BCUT2D eigenvalue weighted by molar-refractivity contribution is 5.69. The molecule has 5 heteroatoms. The zero-order chi connectivity index (χ0) is 13.9. The van der Waals surface area contributed by atoms with E-state index in [9.17, 15) is 5.26 Å². The molecule has 1 aromatic rings. The molecule has 5 nitrogen and oxygen atoms in total. The van der Waals surface area contributed by atoms with E-state index in [1.54, 1.807) is 7.11 Å². The van der Waals surface area contributed by atoms with Gasteiger partial charge in [-0.15, -0.1) is 0 Å². The highest BCUT2D eigenvalue weighted by Gasteiger charge is 2.31. The van der Waals surface area contributed by atoms with Crippen molar-refractivity contribution < 1.29 is 14.2 Å². The highest BCUT2D eigenvalue weighted by Crippen LogP contribution is 2.38. The first-order valence-electron chi connectivity index (χ1n) is 6.60. The molecule has 2 aliphatic heterocycles. The fourth-order valence-electron chi connectivity index (χ4n) is 2.52. The van der Waals surface area contributed by atoms with Crippen molar-refractivity contribution in [1.82, 2.24) is 4.90 Å². The van der Waals surface area contributed by atoms with Gasteiger partial charge < -0.3 is 14.2 Å². The Morgan fingerprint density at radius 2 is 2.15 bits per heavy atom. The second-order valence-electron chi connectivity index (χ2n) is 4.71. The number of para-hydroxylation sites is 1. The van der Waals surface area contributed by atoms with Crippen LogP contribution >= 0.6 is 0 Å². The van der Waals surface area contributed by atoms with Crippen molar-refractivity contribution in [3.63, 3.8) is 0 Å². The third kappa shape index (κ3) is 2.24. The monoisotopic (exact) mass is 272 g/mol. The summed E-state index contributed by atoms with van der Waals surface area (Å²) in [5, 5.41) is 9.36. The van der Waals surface area contributed by atoms with Crippen LogP contribution in [0.3, 0.4) is 0 Å². The summed E-state index contributed by atoms with van der Waals surface area (Å²) >= 11 is 0. The third-order valence-electron chi connectivity index (χ3n) is 3.54. The van der Waals surface area contributed by atoms with Gasteiger partial charge >= 0.3 is 0 Å². The molecule has 2 aliphatic rings. The molecule has 3 rings (SSSR count). The molecule has 0 bridgehead atoms. The molecule has 1 atom stereocenters. The molecule has 0 N–H and O–H groups in total. The summed E-state index contributed by atoms with van der Waals surface area (Å²) in [5.41, 5.74) is 1.50. The Hall–Kier alpha value is -2.03. The van der Waals surface area contributed by atoms with Crippen LogP contribution in [0, 0.1) is 11.3 Å². The molecule has 2 heterocycles. The van der Waals surface area contributed by atoms with Gasteiger partial charge in [-0.05, 0) is 12.1 Å². The molecule has 1 saturated heterocycles. The number of morpholine rings is 1. The molecule has 104 valence electrons. The van der Waals surface area contributed by atoms with Crippen LogP contribution in [0.15, 0.2) is 23.8 Å². The van der Waals surface area contributed by atoms with Gasteiger partial charge in [0.15, 0.2) is 17.7 Å². The Labute approximate surface area is 118 Å². The average molecular weight is 272 g/mol. The second kappa shape index (κ2) is 5.53. The van der Waals surface area contributed by atoms with E-state index >= 15 is 0 Å². The number of rotatable bonds is 2. The summed E-state index contributed by atoms with van der Waals surface area (Å²) in [5.74, 6) is 1.39. The van der Waals surface area contributed by atoms with Crippen LogP contribution in [0.5, 0.6) is 11.5 Å². The van der Waals surface area contributed by atoms with E-state index in [4.69, 9.17) is 14.2 Å². The minimum Gasteiger partial charge on any atom is -0.493 e. The molecule has 20 heavy (non-hydrogen) atoms. The molecule has 0 aliphatic carbocycles. The van der Waals surface area contributed by atoms with Gasteiger partial charge in [-0.1, -0.05) is 12.1 Å². The SMILES string of the molecule is COc1cccc2c1OC(N1CCOCC1)C(C#N)=C2. The predicted octanol–water partition coefficient (Wildman–Crippen LogP) is 1.65. The molecule has 1 fully saturated rings. The maximum absolute atomic E-state index is 9.36. The lowest BCUT2D eigenvalue weighted by Gasteiger charge is -2.36. The van der Waals surface area contributed by atoms with E-state index in [1.807, 2.05) is 24.3 Å². The molecule has 0 amide bonds. The maximum Gasteiger partial charge on any atom is 0.189 e. The van der Waals surface area contributed by atoms with Gasteiger partial charge in [0.25, 0.3) is 0 Å². The Bertz CT molecular complexity index is 571. The minimum atomic E-state index is -0.354. The van der Waals surface area contributed by atoms with Crippen molar-refractivity contribution in [2.75, 3.05) is 33.4 Å². The fraction of sp³-hybridized carbons (Fsp3) is 0.400. The van der Waals surface area contributed by atoms with E-state index in [0.29, 0.717) is 30.3 Å². The van der Waals surface area contributed by atoms with Crippen LogP contribution in [-0.2, 0) is 4.74 Å². The third-order valence-corrected chi connectivity index (χ3v) is 3.54. The topological polar surface area (TPSA) is 54.7 Å². The fourth-order valence-corrected chi connectivity index (χ4v) is 2.52. The number of benzene rings is 1. The normalized spacial score (nSPS) is 22.2. The highest BCUT2D eigenvalue weighted by atomic mass is 16.5. The Morgan fingerprint density at radius 1 is 1.35 bits per heavy atom. The number of methoxy groups -OCH3 is 1. The Balaban J connectivity index is 1.96. The van der Waals surface area contributed by atoms with Crippen molar-refractivity contribution in [1.29, 1.82) is 5.26 Å². The molecule has 0 spiro atoms. The van der Waals surface area contributed by atoms with E-state index in [1.165, 1.54) is 0 Å². The molecule has 0 saturated carbocycles. The predicted molar refractivity (Wildman–Crippen MR) is 73.4 cm³/mol. The zero-order valence-electron chi connectivity index (χ0n) is 11.3. The standard InChI is InChI=1S/C15H16N2O3/c1-18-13-4-2-3-11-9-12(10-16)15(20-14(11)13)17-5-7-19-8-6-17/h2-4,9,15H,5-8H2,1H3. The second-order valence-corrected chi connectivity index (χ2v) is 4.71. The number of nitriles is 1. The van der Waals surface area contributed by atoms with Crippen molar-refractivity contribution in [3.8, 4) is 17.6 Å². The number of ether oxygens (including phenoxy) is 3. The lowest BCUT2D eigenvalue weighted by atomic mass is 10.0. The zero-order valence-corrected chi connectivity index (χ0v) is 11.3. The van der Waals surface area contributed by atoms with Gasteiger partial charge in [-0.2, -0.15) is 5.26 Å². The summed E-state index contributed by atoms with van der Waals surface area (Å²) < 4.78 is 16.7. The van der Waals surface area contributed by atoms with Gasteiger partial charge in [0.2, 0.25) is 0 Å². The lowest BCUT2D eigenvalue weighted by molar-refractivity contribution is -0.0296. The lowest BCUT2D eigenvalue weighted by Crippen LogP contribution is -2.47. The van der Waals surface area contributed by atoms with E-state index < -0.39 is 0 Å². The van der Waals surface area contributed by atoms with Crippen LogP contribution in [0.1, 0.15) is 5.56 Å². The largest absolute Gasteiger partial charge is 0.493 e. The van der Waals surface area contributed by atoms with E-state index in [-0.39, 0.29) is 6.23 Å². The molecule has 1 unspecified atom stereocenters. The average Bonchev–Trinajstić information content (AvgIpc) is 2.53. The van der Waals surface area contributed by atoms with Crippen molar-refractivity contribution >= 4 is 6.08 Å². The maximum atomic E-state index is 9.36. The van der Waals surface area contributed by atoms with Gasteiger partial charge in [-0.25, -0.2) is 0 Å². The van der Waals surface area contributed by atoms with Gasteiger partial charge in [-0.3, -0.25) is 4.90 Å². The number of fused-ring (bicyclic) bond motifs is 1.